The molecular formula is C17H19FN2O4. The number of hydrogen-bond acceptors (Lipinski definition) is 4. The minimum Gasteiger partial charge on any atom is -0.494 e. The number of fused-ring (bicyclic) bond motifs is 1. The third kappa shape index (κ3) is 3.45. The van der Waals surface area contributed by atoms with Crippen LogP contribution in [0.25, 0.3) is 11.0 Å². The number of aryl methyl sites for hydroxylation is 1. The van der Waals surface area contributed by atoms with E-state index < -0.39 is 0 Å². The Morgan fingerprint density at radius 1 is 1.38 bits per heavy atom. The number of ether oxygens (including phenoxy) is 2. The van der Waals surface area contributed by atoms with Gasteiger partial charge in [-0.15, -0.1) is 0 Å². The van der Waals surface area contributed by atoms with Crippen molar-refractivity contribution in [2.75, 3.05) is 19.8 Å². The van der Waals surface area contributed by atoms with Crippen LogP contribution in [-0.4, -0.2) is 25.8 Å². The standard InChI is InChI=1S/C17H19FN2O4/c1-10-14-7-12(18)3-4-15(14)24-16(10)11(2)20-17(21)19-8-13-9-22-5-6-23-13/h3-4,7,9,11H,5-6,8H2,1-2H3,(H2,19,20,21)/t11-/m1/s1. The topological polar surface area (TPSA) is 72.7 Å². The number of nitrogens with one attached hydrogen (secondary N) is 2. The zero-order chi connectivity index (χ0) is 17.1. The van der Waals surface area contributed by atoms with Gasteiger partial charge in [0.2, 0.25) is 0 Å². The Morgan fingerprint density at radius 2 is 2.21 bits per heavy atom. The molecule has 0 saturated carbocycles. The van der Waals surface area contributed by atoms with Gasteiger partial charge in [0.25, 0.3) is 0 Å². The number of amides is 2. The molecule has 2 aromatic rings. The van der Waals surface area contributed by atoms with Crippen LogP contribution < -0.4 is 10.6 Å². The van der Waals surface area contributed by atoms with Crippen molar-refractivity contribution in [1.29, 1.82) is 0 Å². The highest BCUT2D eigenvalue weighted by molar-refractivity contribution is 5.82. The van der Waals surface area contributed by atoms with Crippen molar-refractivity contribution in [3.05, 3.63) is 47.4 Å². The molecule has 2 amide bonds. The predicted octanol–water partition coefficient (Wildman–Crippen LogP) is 3.13. The number of hydrogen-bond donors (Lipinski definition) is 2. The first kappa shape index (κ1) is 16.2. The number of halogens is 1. The van der Waals surface area contributed by atoms with Gasteiger partial charge in [-0.2, -0.15) is 0 Å². The van der Waals surface area contributed by atoms with Crippen molar-refractivity contribution in [1.82, 2.24) is 10.6 Å². The summed E-state index contributed by atoms with van der Waals surface area (Å²) >= 11 is 0. The van der Waals surface area contributed by atoms with E-state index in [2.05, 4.69) is 10.6 Å². The normalized spacial score (nSPS) is 15.2. The number of carbonyl (C=O) groups is 1. The van der Waals surface area contributed by atoms with Crippen molar-refractivity contribution in [3.63, 3.8) is 0 Å². The van der Waals surface area contributed by atoms with Gasteiger partial charge >= 0.3 is 6.03 Å². The molecule has 24 heavy (non-hydrogen) atoms. The summed E-state index contributed by atoms with van der Waals surface area (Å²) in [5.41, 5.74) is 1.40. The van der Waals surface area contributed by atoms with E-state index in [1.54, 1.807) is 13.0 Å². The molecule has 6 nitrogen and oxygen atoms in total. The minimum atomic E-state index is -0.363. The van der Waals surface area contributed by atoms with E-state index in [1.807, 2.05) is 6.92 Å². The SMILES string of the molecule is Cc1c([C@@H](C)NC(=O)NCC2=COCCO2)oc2ccc(F)cc12. The van der Waals surface area contributed by atoms with Crippen LogP contribution in [-0.2, 0) is 9.47 Å². The first-order valence-corrected chi connectivity index (χ1v) is 7.71. The highest BCUT2D eigenvalue weighted by Gasteiger charge is 2.19. The Bertz CT molecular complexity index is 784. The highest BCUT2D eigenvalue weighted by atomic mass is 19.1. The minimum absolute atomic E-state index is 0.239. The first-order chi connectivity index (χ1) is 11.5. The van der Waals surface area contributed by atoms with E-state index in [0.717, 1.165) is 5.56 Å². The van der Waals surface area contributed by atoms with Crippen LogP contribution in [0.4, 0.5) is 9.18 Å². The molecule has 2 heterocycles. The molecule has 3 rings (SSSR count). The zero-order valence-electron chi connectivity index (χ0n) is 13.5. The van der Waals surface area contributed by atoms with Crippen molar-refractivity contribution in [3.8, 4) is 0 Å². The van der Waals surface area contributed by atoms with Gasteiger partial charge in [-0.05, 0) is 32.0 Å². The molecule has 7 heteroatoms. The number of urea groups is 1. The average molecular weight is 334 g/mol. The van der Waals surface area contributed by atoms with Crippen LogP contribution in [0.5, 0.6) is 0 Å². The fourth-order valence-corrected chi connectivity index (χ4v) is 2.61. The molecule has 0 aliphatic carbocycles. The highest BCUT2D eigenvalue weighted by Crippen LogP contribution is 2.29. The lowest BCUT2D eigenvalue weighted by molar-refractivity contribution is 0.0816. The second-order valence-electron chi connectivity index (χ2n) is 5.58. The van der Waals surface area contributed by atoms with E-state index in [9.17, 15) is 9.18 Å². The maximum absolute atomic E-state index is 13.4. The van der Waals surface area contributed by atoms with E-state index >= 15 is 0 Å². The third-order valence-electron chi connectivity index (χ3n) is 3.80. The molecule has 1 aliphatic rings. The third-order valence-corrected chi connectivity index (χ3v) is 3.80. The monoisotopic (exact) mass is 334 g/mol. The summed E-state index contributed by atoms with van der Waals surface area (Å²) in [6.45, 7) is 4.87. The zero-order valence-corrected chi connectivity index (χ0v) is 13.5. The van der Waals surface area contributed by atoms with E-state index in [0.29, 0.717) is 35.7 Å². The van der Waals surface area contributed by atoms with Crippen molar-refractivity contribution in [2.45, 2.75) is 19.9 Å². The van der Waals surface area contributed by atoms with Crippen LogP contribution in [0, 0.1) is 12.7 Å². The molecule has 0 bridgehead atoms. The van der Waals surface area contributed by atoms with Gasteiger partial charge in [0.05, 0.1) is 12.6 Å². The molecule has 0 radical (unpaired) electrons. The van der Waals surface area contributed by atoms with Crippen LogP contribution in [0.15, 0.2) is 34.6 Å². The Balaban J connectivity index is 1.64. The van der Waals surface area contributed by atoms with Gasteiger partial charge in [0.15, 0.2) is 0 Å². The van der Waals surface area contributed by atoms with E-state index in [4.69, 9.17) is 13.9 Å². The van der Waals surface area contributed by atoms with Gasteiger partial charge in [-0.25, -0.2) is 9.18 Å². The first-order valence-electron chi connectivity index (χ1n) is 7.71. The molecule has 1 aromatic heterocycles. The molecule has 0 fully saturated rings. The number of furan rings is 1. The lowest BCUT2D eigenvalue weighted by Gasteiger charge is -2.17. The number of carbonyl (C=O) groups excluding carboxylic acids is 1. The molecule has 2 N–H and O–H groups in total. The maximum Gasteiger partial charge on any atom is 0.315 e. The smallest absolute Gasteiger partial charge is 0.315 e. The largest absolute Gasteiger partial charge is 0.494 e. The van der Waals surface area contributed by atoms with Gasteiger partial charge in [0.1, 0.15) is 42.4 Å². The summed E-state index contributed by atoms with van der Waals surface area (Å²) in [7, 11) is 0. The molecule has 1 aliphatic heterocycles. The van der Waals surface area contributed by atoms with Crippen molar-refractivity contribution < 1.29 is 23.1 Å². The number of rotatable bonds is 4. The van der Waals surface area contributed by atoms with Gasteiger partial charge in [0, 0.05) is 10.9 Å². The molecule has 0 spiro atoms. The van der Waals surface area contributed by atoms with Gasteiger partial charge in [-0.3, -0.25) is 0 Å². The van der Waals surface area contributed by atoms with Crippen LogP contribution in [0.3, 0.4) is 0 Å². The van der Waals surface area contributed by atoms with E-state index in [-0.39, 0.29) is 24.4 Å². The summed E-state index contributed by atoms with van der Waals surface area (Å²) in [6.07, 6.45) is 1.49. The second kappa shape index (κ2) is 6.82. The Kier molecular flexibility index (Phi) is 4.59. The summed E-state index contributed by atoms with van der Waals surface area (Å²) in [5.74, 6) is 0.848. The molecule has 0 unspecified atom stereocenters. The quantitative estimate of drug-likeness (QED) is 0.901. The molecule has 0 saturated heterocycles. The molecular weight excluding hydrogens is 315 g/mol. The molecule has 1 aromatic carbocycles. The Labute approximate surface area is 138 Å². The number of benzene rings is 1. The van der Waals surface area contributed by atoms with Gasteiger partial charge < -0.3 is 24.5 Å². The summed E-state index contributed by atoms with van der Waals surface area (Å²) in [5, 5.41) is 6.19. The fourth-order valence-electron chi connectivity index (χ4n) is 2.61. The fraction of sp³-hybridized carbons (Fsp3) is 0.353. The van der Waals surface area contributed by atoms with Gasteiger partial charge in [-0.1, -0.05) is 0 Å². The van der Waals surface area contributed by atoms with Crippen LogP contribution in [0.2, 0.25) is 0 Å². The van der Waals surface area contributed by atoms with Crippen LogP contribution in [0.1, 0.15) is 24.3 Å². The summed E-state index contributed by atoms with van der Waals surface area (Å²) < 4.78 is 29.6. The average Bonchev–Trinajstić information content (AvgIpc) is 2.90. The van der Waals surface area contributed by atoms with E-state index in [1.165, 1.54) is 18.4 Å². The van der Waals surface area contributed by atoms with Crippen molar-refractivity contribution in [2.24, 2.45) is 0 Å². The van der Waals surface area contributed by atoms with Crippen LogP contribution >= 0.6 is 0 Å². The Morgan fingerprint density at radius 3 is 2.96 bits per heavy atom. The lowest BCUT2D eigenvalue weighted by atomic mass is 10.1. The lowest BCUT2D eigenvalue weighted by Crippen LogP contribution is -2.38. The maximum atomic E-state index is 13.4. The van der Waals surface area contributed by atoms with Crippen molar-refractivity contribution >= 4 is 17.0 Å². The Hall–Kier alpha value is -2.70. The summed E-state index contributed by atoms with van der Waals surface area (Å²) in [6, 6.07) is 3.64. The second-order valence-corrected chi connectivity index (χ2v) is 5.58. The molecule has 128 valence electrons. The predicted molar refractivity (Wildman–Crippen MR) is 85.8 cm³/mol. The molecule has 1 atom stereocenters. The summed E-state index contributed by atoms with van der Waals surface area (Å²) in [4.78, 5) is 12.0.